The van der Waals surface area contributed by atoms with Gasteiger partial charge in [0.2, 0.25) is 0 Å². The summed E-state index contributed by atoms with van der Waals surface area (Å²) in [5.41, 5.74) is 1.01. The molecule has 0 aliphatic heterocycles. The van der Waals surface area contributed by atoms with Crippen molar-refractivity contribution in [1.82, 2.24) is 4.98 Å². The molecular weight excluding hydrogens is 299 g/mol. The Morgan fingerprint density at radius 3 is 2.80 bits per heavy atom. The van der Waals surface area contributed by atoms with E-state index in [9.17, 15) is 4.79 Å². The lowest BCUT2D eigenvalue weighted by Gasteiger charge is -2.08. The van der Waals surface area contributed by atoms with Crippen LogP contribution in [0.25, 0.3) is 0 Å². The molecule has 0 aliphatic carbocycles. The van der Waals surface area contributed by atoms with Crippen molar-refractivity contribution in [1.29, 1.82) is 0 Å². The summed E-state index contributed by atoms with van der Waals surface area (Å²) in [7, 11) is 0. The molecule has 0 radical (unpaired) electrons. The second-order valence-electron chi connectivity index (χ2n) is 4.13. The predicted molar refractivity (Wildman–Crippen MR) is 79.6 cm³/mol. The number of carbonyl (C=O) groups excluding carboxylic acids is 1. The standard InChI is InChI=1S/C14H12Cl2N2O2/c1-9-4-5-17-13(6-9)18-14(19)8-20-12-3-2-10(15)7-11(12)16/h2-7H,8H2,1H3,(H,17,18,19). The number of nitrogens with one attached hydrogen (secondary N) is 1. The predicted octanol–water partition coefficient (Wildman–Crippen LogP) is 3.71. The average molecular weight is 311 g/mol. The molecule has 0 fully saturated rings. The van der Waals surface area contributed by atoms with E-state index in [1.165, 1.54) is 0 Å². The first-order valence-electron chi connectivity index (χ1n) is 5.85. The molecule has 0 atom stereocenters. The van der Waals surface area contributed by atoms with Crippen LogP contribution in [0.1, 0.15) is 5.56 Å². The number of aryl methyl sites for hydroxylation is 1. The number of rotatable bonds is 4. The fourth-order valence-electron chi connectivity index (χ4n) is 1.52. The van der Waals surface area contributed by atoms with Gasteiger partial charge in [0, 0.05) is 11.2 Å². The van der Waals surface area contributed by atoms with Gasteiger partial charge in [0.05, 0.1) is 5.02 Å². The number of hydrogen-bond acceptors (Lipinski definition) is 3. The van der Waals surface area contributed by atoms with Gasteiger partial charge in [0.25, 0.3) is 5.91 Å². The first-order chi connectivity index (χ1) is 9.54. The Kier molecular flexibility index (Phi) is 4.82. The fourth-order valence-corrected chi connectivity index (χ4v) is 1.98. The van der Waals surface area contributed by atoms with Gasteiger partial charge in [-0.25, -0.2) is 4.98 Å². The third kappa shape index (κ3) is 4.11. The number of carbonyl (C=O) groups is 1. The summed E-state index contributed by atoms with van der Waals surface area (Å²) in [6, 6.07) is 8.43. The topological polar surface area (TPSA) is 51.2 Å². The number of aromatic nitrogens is 1. The lowest BCUT2D eigenvalue weighted by Crippen LogP contribution is -2.20. The smallest absolute Gasteiger partial charge is 0.263 e. The number of hydrogen-bond donors (Lipinski definition) is 1. The van der Waals surface area contributed by atoms with Crippen molar-refractivity contribution in [2.24, 2.45) is 0 Å². The summed E-state index contributed by atoms with van der Waals surface area (Å²) < 4.78 is 5.33. The number of halogens is 2. The minimum atomic E-state index is -0.311. The van der Waals surface area contributed by atoms with Crippen molar-refractivity contribution in [3.05, 3.63) is 52.1 Å². The molecule has 4 nitrogen and oxygen atoms in total. The molecule has 1 aromatic carbocycles. The summed E-state index contributed by atoms with van der Waals surface area (Å²) in [6.07, 6.45) is 1.63. The maximum atomic E-state index is 11.7. The van der Waals surface area contributed by atoms with E-state index < -0.39 is 0 Å². The molecule has 1 N–H and O–H groups in total. The number of nitrogens with zero attached hydrogens (tertiary/aromatic N) is 1. The maximum Gasteiger partial charge on any atom is 0.263 e. The van der Waals surface area contributed by atoms with Crippen molar-refractivity contribution in [2.45, 2.75) is 6.92 Å². The average Bonchev–Trinajstić information content (AvgIpc) is 2.37. The summed E-state index contributed by atoms with van der Waals surface area (Å²) in [5, 5.41) is 3.51. The van der Waals surface area contributed by atoms with Crippen LogP contribution in [0, 0.1) is 6.92 Å². The van der Waals surface area contributed by atoms with Crippen LogP contribution in [0.3, 0.4) is 0 Å². The molecule has 0 unspecified atom stereocenters. The molecule has 1 aromatic heterocycles. The SMILES string of the molecule is Cc1ccnc(NC(=O)COc2ccc(Cl)cc2Cl)c1. The van der Waals surface area contributed by atoms with Crippen molar-refractivity contribution < 1.29 is 9.53 Å². The van der Waals surface area contributed by atoms with E-state index in [2.05, 4.69) is 10.3 Å². The monoisotopic (exact) mass is 310 g/mol. The van der Waals surface area contributed by atoms with E-state index in [0.717, 1.165) is 5.56 Å². The molecule has 2 aromatic rings. The maximum absolute atomic E-state index is 11.7. The minimum Gasteiger partial charge on any atom is -0.482 e. The Hall–Kier alpha value is -1.78. The number of anilines is 1. The summed E-state index contributed by atoms with van der Waals surface area (Å²) in [5.74, 6) is 0.582. The number of pyridine rings is 1. The zero-order chi connectivity index (χ0) is 14.5. The Morgan fingerprint density at radius 2 is 2.10 bits per heavy atom. The van der Waals surface area contributed by atoms with Crippen LogP contribution in [-0.4, -0.2) is 17.5 Å². The molecule has 104 valence electrons. The quantitative estimate of drug-likeness (QED) is 0.936. The van der Waals surface area contributed by atoms with Crippen molar-refractivity contribution >= 4 is 34.9 Å². The lowest BCUT2D eigenvalue weighted by molar-refractivity contribution is -0.118. The zero-order valence-corrected chi connectivity index (χ0v) is 12.2. The summed E-state index contributed by atoms with van der Waals surface area (Å²) in [4.78, 5) is 15.8. The Balaban J connectivity index is 1.92. The van der Waals surface area contributed by atoms with Crippen LogP contribution in [0.5, 0.6) is 5.75 Å². The van der Waals surface area contributed by atoms with Gasteiger partial charge in [0.1, 0.15) is 11.6 Å². The molecule has 20 heavy (non-hydrogen) atoms. The highest BCUT2D eigenvalue weighted by atomic mass is 35.5. The van der Waals surface area contributed by atoms with Crippen LogP contribution in [-0.2, 0) is 4.79 Å². The lowest BCUT2D eigenvalue weighted by atomic mass is 10.3. The van der Waals surface area contributed by atoms with Gasteiger partial charge in [-0.1, -0.05) is 23.2 Å². The van der Waals surface area contributed by atoms with Gasteiger partial charge in [-0.05, 0) is 42.8 Å². The zero-order valence-electron chi connectivity index (χ0n) is 10.7. The van der Waals surface area contributed by atoms with E-state index in [-0.39, 0.29) is 12.5 Å². The summed E-state index contributed by atoms with van der Waals surface area (Å²) in [6.45, 7) is 1.76. The molecule has 0 saturated heterocycles. The number of benzene rings is 1. The molecule has 0 spiro atoms. The van der Waals surface area contributed by atoms with E-state index in [1.54, 1.807) is 30.5 Å². The highest BCUT2D eigenvalue weighted by Crippen LogP contribution is 2.27. The molecule has 1 amide bonds. The highest BCUT2D eigenvalue weighted by Gasteiger charge is 2.07. The fraction of sp³-hybridized carbons (Fsp3) is 0.143. The van der Waals surface area contributed by atoms with Gasteiger partial charge in [-0.15, -0.1) is 0 Å². The van der Waals surface area contributed by atoms with Gasteiger partial charge < -0.3 is 10.1 Å². The second kappa shape index (κ2) is 6.59. The van der Waals surface area contributed by atoms with Crippen LogP contribution >= 0.6 is 23.2 Å². The third-order valence-corrected chi connectivity index (χ3v) is 2.97. The molecule has 0 aliphatic rings. The highest BCUT2D eigenvalue weighted by molar-refractivity contribution is 6.35. The first-order valence-corrected chi connectivity index (χ1v) is 6.60. The van der Waals surface area contributed by atoms with Crippen LogP contribution < -0.4 is 10.1 Å². The van der Waals surface area contributed by atoms with Crippen LogP contribution in [0.2, 0.25) is 10.0 Å². The van der Waals surface area contributed by atoms with E-state index in [4.69, 9.17) is 27.9 Å². The molecular formula is C14H12Cl2N2O2. The first kappa shape index (κ1) is 14.6. The second-order valence-corrected chi connectivity index (χ2v) is 4.97. The molecule has 0 bridgehead atoms. The Bertz CT molecular complexity index is 632. The Morgan fingerprint density at radius 1 is 1.30 bits per heavy atom. The van der Waals surface area contributed by atoms with Crippen molar-refractivity contribution in [2.75, 3.05) is 11.9 Å². The van der Waals surface area contributed by atoms with Gasteiger partial charge in [-0.2, -0.15) is 0 Å². The van der Waals surface area contributed by atoms with Gasteiger partial charge >= 0.3 is 0 Å². The number of ether oxygens (including phenoxy) is 1. The minimum absolute atomic E-state index is 0.156. The largest absolute Gasteiger partial charge is 0.482 e. The molecule has 1 heterocycles. The van der Waals surface area contributed by atoms with Crippen LogP contribution in [0.4, 0.5) is 5.82 Å². The van der Waals surface area contributed by atoms with E-state index >= 15 is 0 Å². The normalized spacial score (nSPS) is 10.2. The molecule has 2 rings (SSSR count). The molecule has 0 saturated carbocycles. The third-order valence-electron chi connectivity index (χ3n) is 2.44. The Labute approximate surface area is 126 Å². The van der Waals surface area contributed by atoms with Gasteiger partial charge in [-0.3, -0.25) is 4.79 Å². The van der Waals surface area contributed by atoms with E-state index in [0.29, 0.717) is 21.6 Å². The van der Waals surface area contributed by atoms with Crippen molar-refractivity contribution in [3.63, 3.8) is 0 Å². The van der Waals surface area contributed by atoms with Crippen molar-refractivity contribution in [3.8, 4) is 5.75 Å². The van der Waals surface area contributed by atoms with E-state index in [1.807, 2.05) is 13.0 Å². The molecule has 6 heteroatoms. The van der Waals surface area contributed by atoms with Gasteiger partial charge in [0.15, 0.2) is 6.61 Å². The number of amides is 1. The van der Waals surface area contributed by atoms with Crippen LogP contribution in [0.15, 0.2) is 36.5 Å². The summed E-state index contributed by atoms with van der Waals surface area (Å²) >= 11 is 11.7.